The number of rotatable bonds is 10. The lowest BCUT2D eigenvalue weighted by Gasteiger charge is -2.36. The van der Waals surface area contributed by atoms with E-state index in [0.717, 1.165) is 43.2 Å². The standard InChI is InChI=1S/C30H34FN7O2/c1-4-19(2)33-22-6-5-7-23(16-22)35-29-27(31)25-17-32-30(40)26(25)28(36-29)34-21-8-10-24(11-9-21)38-14-12-37(13-15-38)18-20(3)39/h4-11,16,20,33,39H,1-2,12-15,17-18H2,3H3,(H,32,40)(H2,34,35,36). The minimum Gasteiger partial charge on any atom is -0.392 e. The lowest BCUT2D eigenvalue weighted by molar-refractivity contribution is 0.0966. The van der Waals surface area contributed by atoms with Gasteiger partial charge in [-0.25, -0.2) is 9.37 Å². The summed E-state index contributed by atoms with van der Waals surface area (Å²) in [5.74, 6) is -0.638. The number of aliphatic hydroxyl groups excluding tert-OH is 1. The Labute approximate surface area is 233 Å². The molecule has 2 aliphatic rings. The van der Waals surface area contributed by atoms with Gasteiger partial charge in [-0.05, 0) is 55.5 Å². The maximum Gasteiger partial charge on any atom is 0.255 e. The number of hydrogen-bond acceptors (Lipinski definition) is 8. The van der Waals surface area contributed by atoms with Gasteiger partial charge in [-0.2, -0.15) is 0 Å². The number of nitrogens with zero attached hydrogens (tertiary/aromatic N) is 3. The second-order valence-corrected chi connectivity index (χ2v) is 10.0. The molecule has 208 valence electrons. The first-order valence-corrected chi connectivity index (χ1v) is 13.3. The summed E-state index contributed by atoms with van der Waals surface area (Å²) >= 11 is 0. The Kier molecular flexibility index (Phi) is 7.99. The number of piperazine rings is 1. The Bertz CT molecular complexity index is 1420. The maximum absolute atomic E-state index is 15.5. The van der Waals surface area contributed by atoms with Gasteiger partial charge in [0, 0.05) is 73.3 Å². The zero-order valence-corrected chi connectivity index (χ0v) is 22.5. The molecule has 1 fully saturated rings. The van der Waals surface area contributed by atoms with Crippen LogP contribution in [0.5, 0.6) is 0 Å². The number of carbonyl (C=O) groups is 1. The predicted molar refractivity (Wildman–Crippen MR) is 158 cm³/mol. The minimum atomic E-state index is -0.571. The van der Waals surface area contributed by atoms with E-state index in [4.69, 9.17) is 0 Å². The first-order valence-electron chi connectivity index (χ1n) is 13.3. The molecule has 40 heavy (non-hydrogen) atoms. The lowest BCUT2D eigenvalue weighted by atomic mass is 10.1. The smallest absolute Gasteiger partial charge is 0.255 e. The zero-order chi connectivity index (χ0) is 28.2. The van der Waals surface area contributed by atoms with E-state index in [-0.39, 0.29) is 41.3 Å². The van der Waals surface area contributed by atoms with Crippen molar-refractivity contribution in [3.8, 4) is 0 Å². The van der Waals surface area contributed by atoms with Crippen LogP contribution in [0.15, 0.2) is 73.5 Å². The van der Waals surface area contributed by atoms with E-state index >= 15 is 4.39 Å². The molecule has 5 N–H and O–H groups in total. The molecule has 3 heterocycles. The van der Waals surface area contributed by atoms with Crippen LogP contribution in [-0.4, -0.2) is 59.7 Å². The average Bonchev–Trinajstić information content (AvgIpc) is 3.34. The van der Waals surface area contributed by atoms with E-state index < -0.39 is 5.82 Å². The van der Waals surface area contributed by atoms with Crippen molar-refractivity contribution in [2.24, 2.45) is 0 Å². The molecule has 0 spiro atoms. The normalized spacial score (nSPS) is 15.7. The molecule has 1 atom stereocenters. The van der Waals surface area contributed by atoms with Crippen LogP contribution in [0.1, 0.15) is 22.8 Å². The number of halogens is 1. The molecule has 1 aromatic heterocycles. The van der Waals surface area contributed by atoms with E-state index in [1.165, 1.54) is 0 Å². The molecule has 3 aromatic rings. The second kappa shape index (κ2) is 11.8. The molecular formula is C30H34FN7O2. The third kappa shape index (κ3) is 6.08. The Morgan fingerprint density at radius 1 is 1.10 bits per heavy atom. The highest BCUT2D eigenvalue weighted by Crippen LogP contribution is 2.33. The van der Waals surface area contributed by atoms with Gasteiger partial charge < -0.3 is 31.3 Å². The van der Waals surface area contributed by atoms with Crippen LogP contribution in [0.25, 0.3) is 0 Å². The van der Waals surface area contributed by atoms with Gasteiger partial charge in [0.15, 0.2) is 11.6 Å². The van der Waals surface area contributed by atoms with Crippen LogP contribution in [0.4, 0.5) is 38.8 Å². The second-order valence-electron chi connectivity index (χ2n) is 10.0. The van der Waals surface area contributed by atoms with Crippen LogP contribution < -0.4 is 26.2 Å². The summed E-state index contributed by atoms with van der Waals surface area (Å²) in [6, 6.07) is 15.2. The van der Waals surface area contributed by atoms with Gasteiger partial charge >= 0.3 is 0 Å². The van der Waals surface area contributed by atoms with Crippen LogP contribution >= 0.6 is 0 Å². The van der Waals surface area contributed by atoms with E-state index in [0.29, 0.717) is 17.9 Å². The third-order valence-corrected chi connectivity index (χ3v) is 6.95. The highest BCUT2D eigenvalue weighted by molar-refractivity contribution is 6.03. The summed E-state index contributed by atoms with van der Waals surface area (Å²) in [5, 5.41) is 21.7. The van der Waals surface area contributed by atoms with Gasteiger partial charge in [-0.3, -0.25) is 9.69 Å². The number of aromatic nitrogens is 1. The van der Waals surface area contributed by atoms with Gasteiger partial charge in [-0.1, -0.05) is 19.2 Å². The molecule has 2 aliphatic heterocycles. The number of benzene rings is 2. The van der Waals surface area contributed by atoms with Gasteiger partial charge in [0.25, 0.3) is 5.91 Å². The van der Waals surface area contributed by atoms with E-state index in [9.17, 15) is 9.90 Å². The summed E-state index contributed by atoms with van der Waals surface area (Å²) in [5.41, 5.74) is 4.32. The van der Waals surface area contributed by atoms with Gasteiger partial charge in [0.2, 0.25) is 0 Å². The number of aliphatic hydroxyl groups is 1. The number of β-amino-alcohol motifs (C(OH)–C–C–N with tert-alkyl or cyclic N) is 1. The molecule has 0 saturated carbocycles. The summed E-state index contributed by atoms with van der Waals surface area (Å²) in [6.45, 7) is 13.7. The van der Waals surface area contributed by atoms with Gasteiger partial charge in [-0.15, -0.1) is 0 Å². The minimum absolute atomic E-state index is 0.0177. The van der Waals surface area contributed by atoms with Crippen molar-refractivity contribution in [1.82, 2.24) is 15.2 Å². The van der Waals surface area contributed by atoms with Crippen LogP contribution in [0, 0.1) is 5.82 Å². The van der Waals surface area contributed by atoms with E-state index in [1.807, 2.05) is 49.4 Å². The number of carbonyl (C=O) groups excluding carboxylic acids is 1. The molecule has 10 heteroatoms. The summed E-state index contributed by atoms with van der Waals surface area (Å²) in [6.07, 6.45) is 1.27. The van der Waals surface area contributed by atoms with Crippen molar-refractivity contribution in [3.63, 3.8) is 0 Å². The number of hydrogen-bond donors (Lipinski definition) is 5. The zero-order valence-electron chi connectivity index (χ0n) is 22.5. The maximum atomic E-state index is 15.5. The average molecular weight is 544 g/mol. The molecule has 5 rings (SSSR count). The molecule has 0 aliphatic carbocycles. The van der Waals surface area contributed by atoms with Crippen LogP contribution in [-0.2, 0) is 6.54 Å². The van der Waals surface area contributed by atoms with Crippen molar-refractivity contribution in [2.75, 3.05) is 53.6 Å². The Balaban J connectivity index is 1.34. The van der Waals surface area contributed by atoms with Gasteiger partial charge in [0.1, 0.15) is 5.82 Å². The number of fused-ring (bicyclic) bond motifs is 1. The fourth-order valence-corrected chi connectivity index (χ4v) is 4.96. The van der Waals surface area contributed by atoms with Crippen molar-refractivity contribution in [3.05, 3.63) is 90.4 Å². The molecule has 1 saturated heterocycles. The van der Waals surface area contributed by atoms with E-state index in [1.54, 1.807) is 12.1 Å². The van der Waals surface area contributed by atoms with Crippen molar-refractivity contribution in [2.45, 2.75) is 19.6 Å². The fraction of sp³-hybridized carbons (Fsp3) is 0.267. The Morgan fingerprint density at radius 3 is 2.50 bits per heavy atom. The fourth-order valence-electron chi connectivity index (χ4n) is 4.96. The molecule has 0 bridgehead atoms. The number of amides is 1. The highest BCUT2D eigenvalue weighted by Gasteiger charge is 2.30. The van der Waals surface area contributed by atoms with Crippen molar-refractivity contribution >= 4 is 40.3 Å². The first kappa shape index (κ1) is 27.2. The Morgan fingerprint density at radius 2 is 1.80 bits per heavy atom. The third-order valence-electron chi connectivity index (χ3n) is 6.95. The van der Waals surface area contributed by atoms with E-state index in [2.05, 4.69) is 49.2 Å². The number of allylic oxidation sites excluding steroid dienone is 1. The van der Waals surface area contributed by atoms with Crippen molar-refractivity contribution in [1.29, 1.82) is 0 Å². The number of pyridine rings is 1. The predicted octanol–water partition coefficient (Wildman–Crippen LogP) is 4.57. The summed E-state index contributed by atoms with van der Waals surface area (Å²) in [7, 11) is 0. The largest absolute Gasteiger partial charge is 0.392 e. The van der Waals surface area contributed by atoms with Crippen LogP contribution in [0.2, 0.25) is 0 Å². The lowest BCUT2D eigenvalue weighted by Crippen LogP contribution is -2.48. The summed E-state index contributed by atoms with van der Waals surface area (Å²) in [4.78, 5) is 21.7. The SMILES string of the molecule is C=CC(=C)Nc1cccc(Nc2nc(Nc3ccc(N4CCN(CC(C)O)CC4)cc3)c3c(c2F)CNC3=O)c1. The quantitative estimate of drug-likeness (QED) is 0.237. The van der Waals surface area contributed by atoms with Crippen LogP contribution in [0.3, 0.4) is 0 Å². The molecule has 1 amide bonds. The monoisotopic (exact) mass is 543 g/mol. The molecule has 2 aromatic carbocycles. The molecule has 0 radical (unpaired) electrons. The topological polar surface area (TPSA) is 105 Å². The van der Waals surface area contributed by atoms with Gasteiger partial charge in [0.05, 0.1) is 11.7 Å². The summed E-state index contributed by atoms with van der Waals surface area (Å²) < 4.78 is 15.5. The Hall–Kier alpha value is -4.41. The molecular weight excluding hydrogens is 509 g/mol. The first-order chi connectivity index (χ1) is 19.3. The molecule has 9 nitrogen and oxygen atoms in total. The molecule has 1 unspecified atom stereocenters. The van der Waals surface area contributed by atoms with Crippen molar-refractivity contribution < 1.29 is 14.3 Å². The highest BCUT2D eigenvalue weighted by atomic mass is 19.1. The number of nitrogens with one attached hydrogen (secondary N) is 4. The number of anilines is 6.